The Kier molecular flexibility index (Phi) is 4.62. The second-order valence-electron chi connectivity index (χ2n) is 6.31. The van der Waals surface area contributed by atoms with Gasteiger partial charge in [0.05, 0.1) is 19.3 Å². The summed E-state index contributed by atoms with van der Waals surface area (Å²) in [6.07, 6.45) is 1.92. The molecule has 0 aliphatic rings. The topological polar surface area (TPSA) is 47.3 Å². The van der Waals surface area contributed by atoms with Crippen molar-refractivity contribution in [3.63, 3.8) is 0 Å². The summed E-state index contributed by atoms with van der Waals surface area (Å²) in [4.78, 5) is 0. The van der Waals surface area contributed by atoms with E-state index in [4.69, 9.17) is 4.74 Å². The summed E-state index contributed by atoms with van der Waals surface area (Å²) in [6.45, 7) is 0.503. The first-order valence-corrected chi connectivity index (χ1v) is 8.79. The summed E-state index contributed by atoms with van der Waals surface area (Å²) in [7, 11) is 1.65. The second-order valence-corrected chi connectivity index (χ2v) is 6.31. The zero-order valence-corrected chi connectivity index (χ0v) is 15.0. The Hall–Kier alpha value is -3.53. The number of ether oxygens (including phenoxy) is 1. The van der Waals surface area contributed by atoms with Crippen LogP contribution in [0, 0.1) is 0 Å². The normalized spacial score (nSPS) is 10.7. The molecule has 0 radical (unpaired) electrons. The SMILES string of the molecule is COc1ccc(-c2ccn(Cc3cccc(-c4ccccc4)c3O)n2)cc1. The van der Waals surface area contributed by atoms with E-state index in [0.717, 1.165) is 33.7 Å². The van der Waals surface area contributed by atoms with Crippen LogP contribution in [-0.2, 0) is 6.54 Å². The number of methoxy groups -OCH3 is 1. The number of hydrogen-bond acceptors (Lipinski definition) is 3. The average molecular weight is 356 g/mol. The molecule has 134 valence electrons. The first kappa shape index (κ1) is 16.9. The van der Waals surface area contributed by atoms with Gasteiger partial charge >= 0.3 is 0 Å². The quantitative estimate of drug-likeness (QED) is 0.549. The van der Waals surface area contributed by atoms with Gasteiger partial charge in [-0.15, -0.1) is 0 Å². The van der Waals surface area contributed by atoms with Gasteiger partial charge in [-0.1, -0.05) is 48.5 Å². The Balaban J connectivity index is 1.59. The molecular weight excluding hydrogens is 336 g/mol. The van der Waals surface area contributed by atoms with Crippen LogP contribution in [0.5, 0.6) is 11.5 Å². The Bertz CT molecular complexity index is 1040. The number of hydrogen-bond donors (Lipinski definition) is 1. The number of para-hydroxylation sites is 1. The van der Waals surface area contributed by atoms with Crippen LogP contribution in [0.1, 0.15) is 5.56 Å². The maximum absolute atomic E-state index is 10.7. The molecule has 0 unspecified atom stereocenters. The minimum absolute atomic E-state index is 0.296. The molecule has 0 aliphatic carbocycles. The van der Waals surface area contributed by atoms with E-state index in [1.807, 2.05) is 89.7 Å². The number of rotatable bonds is 5. The van der Waals surface area contributed by atoms with Crippen LogP contribution in [0.4, 0.5) is 0 Å². The highest BCUT2D eigenvalue weighted by Crippen LogP contribution is 2.32. The van der Waals surface area contributed by atoms with Crippen LogP contribution in [0.3, 0.4) is 0 Å². The summed E-state index contributed by atoms with van der Waals surface area (Å²) in [5.74, 6) is 1.12. The zero-order valence-electron chi connectivity index (χ0n) is 15.0. The molecule has 27 heavy (non-hydrogen) atoms. The van der Waals surface area contributed by atoms with Gasteiger partial charge in [0.1, 0.15) is 11.5 Å². The van der Waals surface area contributed by atoms with E-state index in [1.54, 1.807) is 7.11 Å². The Morgan fingerprint density at radius 3 is 2.37 bits per heavy atom. The lowest BCUT2D eigenvalue weighted by Gasteiger charge is -2.10. The highest BCUT2D eigenvalue weighted by molar-refractivity contribution is 5.71. The van der Waals surface area contributed by atoms with Crippen molar-refractivity contribution in [2.45, 2.75) is 6.54 Å². The third kappa shape index (κ3) is 3.55. The fraction of sp³-hybridized carbons (Fsp3) is 0.0870. The van der Waals surface area contributed by atoms with Crippen molar-refractivity contribution in [3.05, 3.63) is 90.6 Å². The molecule has 0 atom stereocenters. The van der Waals surface area contributed by atoms with Gasteiger partial charge in [-0.05, 0) is 35.9 Å². The van der Waals surface area contributed by atoms with E-state index in [9.17, 15) is 5.11 Å². The van der Waals surface area contributed by atoms with E-state index in [0.29, 0.717) is 12.3 Å². The number of aromatic hydroxyl groups is 1. The first-order valence-electron chi connectivity index (χ1n) is 8.79. The van der Waals surface area contributed by atoms with E-state index >= 15 is 0 Å². The molecule has 3 aromatic carbocycles. The standard InChI is InChI=1S/C23H20N2O2/c1-27-20-12-10-18(11-13-20)22-14-15-25(24-22)16-19-8-5-9-21(23(19)26)17-6-3-2-4-7-17/h2-15,26H,16H2,1H3. The van der Waals surface area contributed by atoms with Gasteiger partial charge in [-0.25, -0.2) is 0 Å². The van der Waals surface area contributed by atoms with Gasteiger partial charge in [-0.3, -0.25) is 4.68 Å². The third-order valence-electron chi connectivity index (χ3n) is 4.56. The summed E-state index contributed by atoms with van der Waals surface area (Å²) in [6, 6.07) is 25.5. The van der Waals surface area contributed by atoms with Crippen molar-refractivity contribution < 1.29 is 9.84 Å². The van der Waals surface area contributed by atoms with E-state index in [2.05, 4.69) is 5.10 Å². The molecular formula is C23H20N2O2. The van der Waals surface area contributed by atoms with E-state index in [-0.39, 0.29) is 0 Å². The van der Waals surface area contributed by atoms with Gasteiger partial charge in [-0.2, -0.15) is 5.10 Å². The number of nitrogens with zero attached hydrogens (tertiary/aromatic N) is 2. The molecule has 1 N–H and O–H groups in total. The van der Waals surface area contributed by atoms with Crippen molar-refractivity contribution in [1.29, 1.82) is 0 Å². The predicted octanol–water partition coefficient (Wildman–Crippen LogP) is 4.98. The predicted molar refractivity (Wildman–Crippen MR) is 107 cm³/mol. The highest BCUT2D eigenvalue weighted by Gasteiger charge is 2.10. The van der Waals surface area contributed by atoms with Crippen molar-refractivity contribution >= 4 is 0 Å². The molecule has 1 heterocycles. The highest BCUT2D eigenvalue weighted by atomic mass is 16.5. The third-order valence-corrected chi connectivity index (χ3v) is 4.56. The minimum Gasteiger partial charge on any atom is -0.507 e. The van der Waals surface area contributed by atoms with Gasteiger partial charge in [0, 0.05) is 22.9 Å². The Labute approximate surface area is 158 Å². The summed E-state index contributed by atoms with van der Waals surface area (Å²) >= 11 is 0. The Morgan fingerprint density at radius 1 is 0.852 bits per heavy atom. The molecule has 0 saturated carbocycles. The van der Waals surface area contributed by atoms with Gasteiger partial charge < -0.3 is 9.84 Å². The summed E-state index contributed by atoms with van der Waals surface area (Å²) < 4.78 is 7.03. The van der Waals surface area contributed by atoms with Crippen LogP contribution in [0.2, 0.25) is 0 Å². The number of phenols is 1. The maximum Gasteiger partial charge on any atom is 0.128 e. The summed E-state index contributed by atoms with van der Waals surface area (Å²) in [5.41, 5.74) is 4.57. The van der Waals surface area contributed by atoms with Crippen molar-refractivity contribution in [2.75, 3.05) is 7.11 Å². The molecule has 4 rings (SSSR count). The monoisotopic (exact) mass is 356 g/mol. The second kappa shape index (κ2) is 7.38. The fourth-order valence-electron chi connectivity index (χ4n) is 3.11. The van der Waals surface area contributed by atoms with Gasteiger partial charge in [0.25, 0.3) is 0 Å². The lowest BCUT2D eigenvalue weighted by Crippen LogP contribution is -2.01. The zero-order chi connectivity index (χ0) is 18.6. The van der Waals surface area contributed by atoms with Crippen molar-refractivity contribution in [1.82, 2.24) is 9.78 Å². The molecule has 4 nitrogen and oxygen atoms in total. The van der Waals surface area contributed by atoms with Crippen LogP contribution < -0.4 is 4.74 Å². The van der Waals surface area contributed by atoms with Gasteiger partial charge in [0.15, 0.2) is 0 Å². The van der Waals surface area contributed by atoms with Crippen LogP contribution >= 0.6 is 0 Å². The van der Waals surface area contributed by atoms with Crippen LogP contribution in [0.15, 0.2) is 85.1 Å². The molecule has 4 aromatic rings. The largest absolute Gasteiger partial charge is 0.507 e. The molecule has 0 saturated heterocycles. The average Bonchev–Trinajstić information content (AvgIpc) is 3.19. The lowest BCUT2D eigenvalue weighted by atomic mass is 10.0. The maximum atomic E-state index is 10.7. The summed E-state index contributed by atoms with van der Waals surface area (Å²) in [5, 5.41) is 15.4. The van der Waals surface area contributed by atoms with Crippen molar-refractivity contribution in [2.24, 2.45) is 0 Å². The number of aromatic nitrogens is 2. The molecule has 0 aliphatic heterocycles. The first-order chi connectivity index (χ1) is 13.2. The Morgan fingerprint density at radius 2 is 1.63 bits per heavy atom. The van der Waals surface area contributed by atoms with Crippen LogP contribution in [-0.4, -0.2) is 22.0 Å². The molecule has 1 aromatic heterocycles. The van der Waals surface area contributed by atoms with E-state index in [1.165, 1.54) is 0 Å². The lowest BCUT2D eigenvalue weighted by molar-refractivity contribution is 0.415. The minimum atomic E-state index is 0.296. The smallest absolute Gasteiger partial charge is 0.128 e. The van der Waals surface area contributed by atoms with Gasteiger partial charge in [0.2, 0.25) is 0 Å². The van der Waals surface area contributed by atoms with Crippen molar-refractivity contribution in [3.8, 4) is 33.9 Å². The van der Waals surface area contributed by atoms with Crippen LogP contribution in [0.25, 0.3) is 22.4 Å². The molecule has 0 spiro atoms. The molecule has 4 heteroatoms. The molecule has 0 amide bonds. The molecule has 0 fully saturated rings. The number of benzene rings is 3. The van der Waals surface area contributed by atoms with E-state index < -0.39 is 0 Å². The molecule has 0 bridgehead atoms. The fourth-order valence-corrected chi connectivity index (χ4v) is 3.11. The number of phenolic OH excluding ortho intramolecular Hbond substituents is 1.